The van der Waals surface area contributed by atoms with E-state index in [-0.39, 0.29) is 24.1 Å². The molecule has 7 heteroatoms. The molecule has 3 rings (SSSR count). The molecule has 0 radical (unpaired) electrons. The lowest BCUT2D eigenvalue weighted by atomic mass is 9.98. The minimum absolute atomic E-state index is 0.0336. The van der Waals surface area contributed by atoms with Gasteiger partial charge in [-0.05, 0) is 49.1 Å². The van der Waals surface area contributed by atoms with E-state index >= 15 is 0 Å². The van der Waals surface area contributed by atoms with E-state index in [1.165, 1.54) is 4.31 Å². The molecule has 1 fully saturated rings. The number of piperidine rings is 1. The molecule has 5 nitrogen and oxygen atoms in total. The first-order valence-corrected chi connectivity index (χ1v) is 11.3. The Labute approximate surface area is 169 Å². The molecule has 1 amide bonds. The van der Waals surface area contributed by atoms with E-state index in [1.807, 2.05) is 55.5 Å². The Hall–Kier alpha value is -1.70. The van der Waals surface area contributed by atoms with Crippen molar-refractivity contribution in [3.63, 3.8) is 0 Å². The highest BCUT2D eigenvalue weighted by molar-refractivity contribution is 9.10. The van der Waals surface area contributed by atoms with Gasteiger partial charge in [-0.25, -0.2) is 12.7 Å². The number of nitrogens with one attached hydrogen (secondary N) is 1. The van der Waals surface area contributed by atoms with Crippen molar-refractivity contribution in [3.05, 3.63) is 64.1 Å². The number of halogens is 1. The van der Waals surface area contributed by atoms with E-state index in [9.17, 15) is 13.2 Å². The van der Waals surface area contributed by atoms with Crippen LogP contribution < -0.4 is 5.32 Å². The van der Waals surface area contributed by atoms with Gasteiger partial charge in [-0.1, -0.05) is 46.3 Å². The van der Waals surface area contributed by atoms with Crippen molar-refractivity contribution in [2.45, 2.75) is 25.5 Å². The van der Waals surface area contributed by atoms with Gasteiger partial charge in [-0.3, -0.25) is 4.79 Å². The van der Waals surface area contributed by atoms with Gasteiger partial charge in [0.2, 0.25) is 15.9 Å². The van der Waals surface area contributed by atoms with Gasteiger partial charge in [0.25, 0.3) is 0 Å². The largest absolute Gasteiger partial charge is 0.326 e. The zero-order valence-corrected chi connectivity index (χ0v) is 17.6. The van der Waals surface area contributed by atoms with Gasteiger partial charge in [0.15, 0.2) is 0 Å². The molecule has 0 aliphatic carbocycles. The molecule has 144 valence electrons. The number of rotatable bonds is 5. The van der Waals surface area contributed by atoms with Crippen molar-refractivity contribution in [1.82, 2.24) is 4.31 Å². The van der Waals surface area contributed by atoms with E-state index in [4.69, 9.17) is 0 Å². The highest BCUT2D eigenvalue weighted by atomic mass is 79.9. The smallest absolute Gasteiger partial charge is 0.228 e. The van der Waals surface area contributed by atoms with Crippen LogP contribution in [0.5, 0.6) is 0 Å². The molecule has 1 aliphatic heterocycles. The summed E-state index contributed by atoms with van der Waals surface area (Å²) in [6.07, 6.45) is 1.38. The first-order chi connectivity index (χ1) is 12.8. The van der Waals surface area contributed by atoms with Crippen molar-refractivity contribution in [1.29, 1.82) is 0 Å². The van der Waals surface area contributed by atoms with Crippen LogP contribution in [0.1, 0.15) is 24.0 Å². The highest BCUT2D eigenvalue weighted by Crippen LogP contribution is 2.24. The van der Waals surface area contributed by atoms with Crippen molar-refractivity contribution >= 4 is 37.5 Å². The Morgan fingerprint density at radius 2 is 1.96 bits per heavy atom. The van der Waals surface area contributed by atoms with Crippen LogP contribution in [0.2, 0.25) is 0 Å². The second-order valence-corrected chi connectivity index (χ2v) is 9.72. The number of sulfonamides is 1. The molecule has 1 atom stereocenters. The van der Waals surface area contributed by atoms with Crippen molar-refractivity contribution < 1.29 is 13.2 Å². The van der Waals surface area contributed by atoms with E-state index in [1.54, 1.807) is 0 Å². The molecule has 1 N–H and O–H groups in total. The zero-order chi connectivity index (χ0) is 19.4. The van der Waals surface area contributed by atoms with Gasteiger partial charge >= 0.3 is 0 Å². The minimum Gasteiger partial charge on any atom is -0.326 e. The van der Waals surface area contributed by atoms with Crippen molar-refractivity contribution in [3.8, 4) is 0 Å². The van der Waals surface area contributed by atoms with Crippen LogP contribution in [0.15, 0.2) is 53.0 Å². The lowest BCUT2D eigenvalue weighted by molar-refractivity contribution is -0.120. The molecule has 0 bridgehead atoms. The summed E-state index contributed by atoms with van der Waals surface area (Å²) in [6.45, 7) is 2.66. The maximum atomic E-state index is 12.8. The third kappa shape index (κ3) is 5.18. The highest BCUT2D eigenvalue weighted by Gasteiger charge is 2.32. The summed E-state index contributed by atoms with van der Waals surface area (Å²) in [5.41, 5.74) is 2.52. The fraction of sp³-hybridized carbons (Fsp3) is 0.350. The fourth-order valence-corrected chi connectivity index (χ4v) is 5.11. The molecule has 1 saturated heterocycles. The Kier molecular flexibility index (Phi) is 6.34. The number of amides is 1. The number of carbonyl (C=O) groups is 1. The summed E-state index contributed by atoms with van der Waals surface area (Å²) in [4.78, 5) is 12.7. The molecule has 0 spiro atoms. The van der Waals surface area contributed by atoms with Crippen LogP contribution in [0.4, 0.5) is 5.69 Å². The fourth-order valence-electron chi connectivity index (χ4n) is 3.25. The summed E-state index contributed by atoms with van der Waals surface area (Å²) in [5.74, 6) is -0.502. The lowest BCUT2D eigenvalue weighted by Crippen LogP contribution is -2.44. The van der Waals surface area contributed by atoms with Crippen LogP contribution >= 0.6 is 15.9 Å². The number of nitrogens with zero attached hydrogens (tertiary/aromatic N) is 1. The summed E-state index contributed by atoms with van der Waals surface area (Å²) < 4.78 is 27.9. The summed E-state index contributed by atoms with van der Waals surface area (Å²) >= 11 is 3.44. The van der Waals surface area contributed by atoms with Crippen LogP contribution in [-0.4, -0.2) is 31.7 Å². The molecule has 0 aromatic heterocycles. The quantitative estimate of drug-likeness (QED) is 0.749. The maximum Gasteiger partial charge on any atom is 0.228 e. The molecular weight excluding hydrogens is 428 g/mol. The Morgan fingerprint density at radius 1 is 1.22 bits per heavy atom. The monoisotopic (exact) mass is 450 g/mol. The molecule has 1 aliphatic rings. The predicted octanol–water partition coefficient (Wildman–Crippen LogP) is 3.94. The van der Waals surface area contributed by atoms with Gasteiger partial charge in [0.05, 0.1) is 11.7 Å². The van der Waals surface area contributed by atoms with Crippen LogP contribution in [-0.2, 0) is 20.6 Å². The number of benzene rings is 2. The van der Waals surface area contributed by atoms with E-state index < -0.39 is 10.0 Å². The number of hydrogen-bond acceptors (Lipinski definition) is 3. The van der Waals surface area contributed by atoms with Gasteiger partial charge < -0.3 is 5.32 Å². The van der Waals surface area contributed by atoms with Crippen LogP contribution in [0.3, 0.4) is 0 Å². The van der Waals surface area contributed by atoms with Gasteiger partial charge in [0.1, 0.15) is 0 Å². The summed E-state index contributed by atoms with van der Waals surface area (Å²) in [7, 11) is -3.44. The van der Waals surface area contributed by atoms with Crippen LogP contribution in [0.25, 0.3) is 0 Å². The Morgan fingerprint density at radius 3 is 2.67 bits per heavy atom. The average molecular weight is 451 g/mol. The second-order valence-electron chi connectivity index (χ2n) is 6.89. The average Bonchev–Trinajstić information content (AvgIpc) is 2.65. The predicted molar refractivity (Wildman–Crippen MR) is 111 cm³/mol. The molecule has 1 heterocycles. The molecular formula is C20H23BrN2O3S. The van der Waals surface area contributed by atoms with Gasteiger partial charge in [-0.2, -0.15) is 0 Å². The number of hydrogen-bond donors (Lipinski definition) is 1. The van der Waals surface area contributed by atoms with Crippen molar-refractivity contribution in [2.75, 3.05) is 18.4 Å². The summed E-state index contributed by atoms with van der Waals surface area (Å²) in [6, 6.07) is 14.8. The third-order valence-corrected chi connectivity index (χ3v) is 7.47. The van der Waals surface area contributed by atoms with E-state index in [2.05, 4.69) is 21.2 Å². The summed E-state index contributed by atoms with van der Waals surface area (Å²) in [5, 5.41) is 2.92. The Bertz CT molecular complexity index is 916. The van der Waals surface area contributed by atoms with E-state index in [0.29, 0.717) is 19.4 Å². The van der Waals surface area contributed by atoms with Gasteiger partial charge in [0, 0.05) is 23.2 Å². The Balaban J connectivity index is 1.66. The number of aryl methyl sites for hydroxylation is 1. The first kappa shape index (κ1) is 20.0. The maximum absolute atomic E-state index is 12.8. The SMILES string of the molecule is Cc1cc(NC(=O)C2CCCN(S(=O)(=O)Cc3ccccc3)C2)ccc1Br. The topological polar surface area (TPSA) is 66.5 Å². The van der Waals surface area contributed by atoms with Crippen LogP contribution in [0, 0.1) is 12.8 Å². The normalized spacial score (nSPS) is 18.2. The standard InChI is InChI=1S/C20H23BrN2O3S/c1-15-12-18(9-10-19(15)21)22-20(24)17-8-5-11-23(13-17)27(25,26)14-16-6-3-2-4-7-16/h2-4,6-7,9-10,12,17H,5,8,11,13-14H2,1H3,(H,22,24). The number of carbonyl (C=O) groups excluding carboxylic acids is 1. The zero-order valence-electron chi connectivity index (χ0n) is 15.2. The molecule has 27 heavy (non-hydrogen) atoms. The van der Waals surface area contributed by atoms with Crippen molar-refractivity contribution in [2.24, 2.45) is 5.92 Å². The minimum atomic E-state index is -3.44. The molecule has 2 aromatic rings. The second kappa shape index (κ2) is 8.54. The number of anilines is 1. The third-order valence-electron chi connectivity index (χ3n) is 4.77. The first-order valence-electron chi connectivity index (χ1n) is 8.94. The van der Waals surface area contributed by atoms with Gasteiger partial charge in [-0.15, -0.1) is 0 Å². The molecule has 2 aromatic carbocycles. The molecule has 0 saturated carbocycles. The molecule has 1 unspecified atom stereocenters. The van der Waals surface area contributed by atoms with E-state index in [0.717, 1.165) is 21.3 Å². The lowest BCUT2D eigenvalue weighted by Gasteiger charge is -2.31.